The lowest BCUT2D eigenvalue weighted by molar-refractivity contribution is -0.148. The number of nitrogens with two attached hydrogens (primary N) is 3. The van der Waals surface area contributed by atoms with Crippen molar-refractivity contribution in [3.8, 4) is 0 Å². The number of aromatic amines is 1. The molecule has 1 aromatic carbocycles. The van der Waals surface area contributed by atoms with Gasteiger partial charge >= 0.3 is 11.9 Å². The van der Waals surface area contributed by atoms with Crippen LogP contribution in [0.15, 0.2) is 29.3 Å². The molecule has 1 aromatic heterocycles. The van der Waals surface area contributed by atoms with E-state index >= 15 is 0 Å². The first-order valence-electron chi connectivity index (χ1n) is 17.6. The van der Waals surface area contributed by atoms with Gasteiger partial charge < -0.3 is 53.2 Å². The standard InChI is InChI=1S/C34H50N10O8/c1-19(32(50)43-15-7-12-25(43)31(49)42-23(10-6-14-38-34(36)37)29(47)39-17-28(45)46)40-30(48)26(11-4-5-13-35)44-18-24-21(16-27(44)33(51)52)20-8-2-3-9-22(20)41-24/h2-3,8-9,19,23,25-27,41H,4-7,10-18,35H2,1H3,(H,39,47)(H,40,48)(H,42,49)(H,45,46)(H,51,52)(H4,36,37,38)/t19-,23-,25-,26-,27-/m0/s1. The summed E-state index contributed by atoms with van der Waals surface area (Å²) in [7, 11) is 0. The molecule has 0 unspecified atom stereocenters. The number of nitrogens with one attached hydrogen (secondary N) is 4. The van der Waals surface area contributed by atoms with Gasteiger partial charge in [0.15, 0.2) is 5.96 Å². The zero-order chi connectivity index (χ0) is 37.9. The summed E-state index contributed by atoms with van der Waals surface area (Å²) in [6.45, 7) is 1.85. The highest BCUT2D eigenvalue weighted by Crippen LogP contribution is 2.32. The summed E-state index contributed by atoms with van der Waals surface area (Å²) in [5, 5.41) is 27.9. The third-order valence-electron chi connectivity index (χ3n) is 9.52. The van der Waals surface area contributed by atoms with Gasteiger partial charge in [-0.3, -0.25) is 38.7 Å². The number of aliphatic carboxylic acids is 2. The molecule has 5 atom stereocenters. The first-order valence-corrected chi connectivity index (χ1v) is 17.6. The van der Waals surface area contributed by atoms with Crippen molar-refractivity contribution in [2.45, 2.75) is 95.0 Å². The van der Waals surface area contributed by atoms with Crippen LogP contribution in [0.3, 0.4) is 0 Å². The van der Waals surface area contributed by atoms with Crippen LogP contribution in [-0.2, 0) is 41.7 Å². The number of likely N-dealkylation sites (tertiary alicyclic amines) is 1. The maximum atomic E-state index is 14.0. The van der Waals surface area contributed by atoms with Gasteiger partial charge in [0, 0.05) is 42.7 Å². The van der Waals surface area contributed by atoms with E-state index in [0.29, 0.717) is 45.1 Å². The van der Waals surface area contributed by atoms with E-state index < -0.39 is 72.3 Å². The van der Waals surface area contributed by atoms with Crippen molar-refractivity contribution in [2.75, 3.05) is 26.2 Å². The Bertz CT molecular complexity index is 1660. The van der Waals surface area contributed by atoms with E-state index in [4.69, 9.17) is 22.3 Å². The van der Waals surface area contributed by atoms with E-state index in [1.54, 1.807) is 4.90 Å². The van der Waals surface area contributed by atoms with Crippen molar-refractivity contribution in [3.63, 3.8) is 0 Å². The molecule has 3 heterocycles. The molecule has 4 rings (SSSR count). The van der Waals surface area contributed by atoms with Crippen LogP contribution in [0.4, 0.5) is 0 Å². The maximum absolute atomic E-state index is 14.0. The number of aromatic nitrogens is 1. The number of nitrogens with zero attached hydrogens (tertiary/aromatic N) is 3. The molecule has 0 spiro atoms. The number of hydrogen-bond donors (Lipinski definition) is 9. The van der Waals surface area contributed by atoms with Gasteiger partial charge in [-0.2, -0.15) is 0 Å². The minimum Gasteiger partial charge on any atom is -0.480 e. The number of carbonyl (C=O) groups excluding carboxylic acids is 4. The molecule has 12 N–H and O–H groups in total. The monoisotopic (exact) mass is 726 g/mol. The highest BCUT2D eigenvalue weighted by atomic mass is 16.4. The number of fused-ring (bicyclic) bond motifs is 3. The summed E-state index contributed by atoms with van der Waals surface area (Å²) < 4.78 is 0. The molecule has 0 aliphatic carbocycles. The number of amides is 4. The number of aliphatic imine (C=N–C) groups is 1. The molecule has 1 saturated heterocycles. The summed E-state index contributed by atoms with van der Waals surface area (Å²) >= 11 is 0. The van der Waals surface area contributed by atoms with Gasteiger partial charge in [-0.25, -0.2) is 0 Å². The quantitative estimate of drug-likeness (QED) is 0.0493. The SMILES string of the molecule is C[C@H](NC(=O)[C@H](CCCCN)N1Cc2[nH]c3ccccc3c2C[C@H]1C(=O)O)C(=O)N1CCC[C@H]1C(=O)N[C@@H](CCCN=C(N)N)C(=O)NCC(=O)O. The molecule has 0 bridgehead atoms. The van der Waals surface area contributed by atoms with Crippen molar-refractivity contribution in [2.24, 2.45) is 22.2 Å². The molecule has 52 heavy (non-hydrogen) atoms. The Labute approximate surface area is 300 Å². The van der Waals surface area contributed by atoms with Crippen molar-refractivity contribution in [3.05, 3.63) is 35.5 Å². The predicted molar refractivity (Wildman–Crippen MR) is 190 cm³/mol. The Balaban J connectivity index is 1.47. The molecular weight excluding hydrogens is 676 g/mol. The van der Waals surface area contributed by atoms with Gasteiger partial charge in [-0.05, 0) is 63.6 Å². The van der Waals surface area contributed by atoms with Crippen LogP contribution in [0.25, 0.3) is 10.9 Å². The van der Waals surface area contributed by atoms with Gasteiger partial charge in [0.2, 0.25) is 23.6 Å². The van der Waals surface area contributed by atoms with Crippen LogP contribution in [0.1, 0.15) is 63.1 Å². The van der Waals surface area contributed by atoms with Crippen LogP contribution < -0.4 is 33.2 Å². The van der Waals surface area contributed by atoms with E-state index in [2.05, 4.69) is 25.9 Å². The molecule has 18 nitrogen and oxygen atoms in total. The Morgan fingerprint density at radius 2 is 1.75 bits per heavy atom. The fourth-order valence-corrected chi connectivity index (χ4v) is 6.96. The van der Waals surface area contributed by atoms with E-state index in [0.717, 1.165) is 22.2 Å². The average Bonchev–Trinajstić information content (AvgIpc) is 3.74. The lowest BCUT2D eigenvalue weighted by Crippen LogP contribution is -2.59. The molecule has 4 amide bonds. The number of carboxylic acids is 2. The normalized spacial score (nSPS) is 18.8. The number of guanidine groups is 1. The summed E-state index contributed by atoms with van der Waals surface area (Å²) in [4.78, 5) is 87.9. The Kier molecular flexibility index (Phi) is 13.9. The fourth-order valence-electron chi connectivity index (χ4n) is 6.96. The first kappa shape index (κ1) is 39.6. The van der Waals surface area contributed by atoms with Crippen molar-refractivity contribution in [1.82, 2.24) is 30.7 Å². The third-order valence-corrected chi connectivity index (χ3v) is 9.52. The van der Waals surface area contributed by atoms with E-state index in [9.17, 15) is 33.9 Å². The molecule has 0 radical (unpaired) electrons. The van der Waals surface area contributed by atoms with Crippen LogP contribution >= 0.6 is 0 Å². The third kappa shape index (κ3) is 9.97. The lowest BCUT2D eigenvalue weighted by atomic mass is 9.93. The highest BCUT2D eigenvalue weighted by molar-refractivity contribution is 5.95. The summed E-state index contributed by atoms with van der Waals surface area (Å²) in [6.07, 6.45) is 2.88. The first-order chi connectivity index (χ1) is 24.8. The zero-order valence-corrected chi connectivity index (χ0v) is 29.3. The second kappa shape index (κ2) is 18.3. The minimum absolute atomic E-state index is 0.0977. The van der Waals surface area contributed by atoms with Gasteiger partial charge in [0.1, 0.15) is 30.7 Å². The van der Waals surface area contributed by atoms with Crippen LogP contribution in [0, 0.1) is 0 Å². The summed E-state index contributed by atoms with van der Waals surface area (Å²) in [6, 6.07) is 2.64. The van der Waals surface area contributed by atoms with E-state index in [1.165, 1.54) is 11.8 Å². The maximum Gasteiger partial charge on any atom is 0.322 e. The molecule has 284 valence electrons. The second-order valence-corrected chi connectivity index (χ2v) is 13.2. The van der Waals surface area contributed by atoms with Gasteiger partial charge in [-0.15, -0.1) is 0 Å². The van der Waals surface area contributed by atoms with Crippen molar-refractivity contribution in [1.29, 1.82) is 0 Å². The van der Waals surface area contributed by atoms with Crippen molar-refractivity contribution >= 4 is 52.4 Å². The average molecular weight is 727 g/mol. The van der Waals surface area contributed by atoms with Gasteiger partial charge in [0.25, 0.3) is 0 Å². The highest BCUT2D eigenvalue weighted by Gasteiger charge is 2.42. The van der Waals surface area contributed by atoms with E-state index in [1.807, 2.05) is 24.3 Å². The number of unbranched alkanes of at least 4 members (excludes halogenated alkanes) is 1. The largest absolute Gasteiger partial charge is 0.480 e. The van der Waals surface area contributed by atoms with Crippen LogP contribution in [0.5, 0.6) is 0 Å². The van der Waals surface area contributed by atoms with E-state index in [-0.39, 0.29) is 38.4 Å². The number of rotatable bonds is 18. The second-order valence-electron chi connectivity index (χ2n) is 13.2. The summed E-state index contributed by atoms with van der Waals surface area (Å²) in [5.41, 5.74) is 19.1. The number of hydrogen-bond acceptors (Lipinski definition) is 9. The lowest BCUT2D eigenvalue weighted by Gasteiger charge is -2.39. The molecule has 2 aromatic rings. The number of benzene rings is 1. The molecule has 2 aliphatic heterocycles. The zero-order valence-electron chi connectivity index (χ0n) is 29.3. The Morgan fingerprint density at radius 1 is 1.00 bits per heavy atom. The predicted octanol–water partition coefficient (Wildman–Crippen LogP) is -1.29. The Hall–Kier alpha value is -5.23. The molecule has 0 saturated carbocycles. The van der Waals surface area contributed by atoms with Crippen molar-refractivity contribution < 1.29 is 39.0 Å². The molecule has 18 heteroatoms. The van der Waals surface area contributed by atoms with Crippen LogP contribution in [0.2, 0.25) is 0 Å². The smallest absolute Gasteiger partial charge is 0.322 e. The number of carbonyl (C=O) groups is 6. The molecule has 1 fully saturated rings. The minimum atomic E-state index is -1.26. The molecular formula is C34H50N10O8. The summed E-state index contributed by atoms with van der Waals surface area (Å²) in [5.74, 6) is -4.81. The van der Waals surface area contributed by atoms with Crippen LogP contribution in [-0.4, -0.2) is 123 Å². The van der Waals surface area contributed by atoms with Gasteiger partial charge in [-0.1, -0.05) is 24.6 Å². The topological polar surface area (TPSA) is 292 Å². The van der Waals surface area contributed by atoms with Gasteiger partial charge in [0.05, 0.1) is 6.04 Å². The number of H-pyrrole nitrogens is 1. The Morgan fingerprint density at radius 3 is 2.44 bits per heavy atom. The number of carboxylic acid groups (broad SMARTS) is 2. The molecule has 2 aliphatic rings. The fraction of sp³-hybridized carbons (Fsp3) is 0.559. The number of para-hydroxylation sites is 1.